The molecule has 0 spiro atoms. The van der Waals surface area contributed by atoms with E-state index in [9.17, 15) is 4.79 Å². The number of fused-ring (bicyclic) bond motifs is 4. The van der Waals surface area contributed by atoms with E-state index in [0.717, 1.165) is 34.3 Å². The molecule has 0 aliphatic heterocycles. The lowest BCUT2D eigenvalue weighted by molar-refractivity contribution is 0.0957. The van der Waals surface area contributed by atoms with Crippen molar-refractivity contribution in [2.45, 2.75) is 12.8 Å². The predicted octanol–water partition coefficient (Wildman–Crippen LogP) is 4.34. The largest absolute Gasteiger partial charge is 0.294 e. The molecule has 0 fully saturated rings. The minimum absolute atomic E-state index is 0.154. The van der Waals surface area contributed by atoms with Crippen molar-refractivity contribution in [1.29, 1.82) is 0 Å². The molecule has 26 heavy (non-hydrogen) atoms. The minimum atomic E-state index is 0.154. The van der Waals surface area contributed by atoms with Gasteiger partial charge in [-0.3, -0.25) is 9.20 Å². The van der Waals surface area contributed by atoms with Crippen LogP contribution in [0, 0.1) is 5.92 Å². The second-order valence-corrected chi connectivity index (χ2v) is 6.73. The van der Waals surface area contributed by atoms with Crippen LogP contribution >= 0.6 is 0 Å². The fourth-order valence-electron chi connectivity index (χ4n) is 3.63. The summed E-state index contributed by atoms with van der Waals surface area (Å²) in [5.74, 6) is 0.987. The van der Waals surface area contributed by atoms with Crippen LogP contribution in [0.2, 0.25) is 0 Å². The Kier molecular flexibility index (Phi) is 3.42. The Morgan fingerprint density at radius 3 is 2.65 bits per heavy atom. The summed E-state index contributed by atoms with van der Waals surface area (Å²) in [6, 6.07) is 18.1. The maximum atomic E-state index is 12.7. The first-order valence-electron chi connectivity index (χ1n) is 8.81. The standard InChI is InChI=1S/C22H17N3O/c26-21-13-16(11-10-15-6-2-1-3-7-15)12-19-17(21)14-25-20-9-5-4-8-18(20)23-22(25)24-19/h1-11,14,16H,12-13H2/b11-10+/t16-/m1/s1. The predicted molar refractivity (Wildman–Crippen MR) is 102 cm³/mol. The third kappa shape index (κ3) is 2.51. The number of carbonyl (C=O) groups is 1. The van der Waals surface area contributed by atoms with Crippen molar-refractivity contribution in [3.05, 3.63) is 83.7 Å². The van der Waals surface area contributed by atoms with Gasteiger partial charge in [0.1, 0.15) is 0 Å². The Hall–Kier alpha value is -3.27. The first kappa shape index (κ1) is 15.0. The van der Waals surface area contributed by atoms with Crippen molar-refractivity contribution < 1.29 is 4.79 Å². The molecule has 2 heterocycles. The number of carbonyl (C=O) groups excluding carboxylic acids is 1. The molecular formula is C22H17N3O. The molecule has 2 aromatic heterocycles. The van der Waals surface area contributed by atoms with Crippen LogP contribution in [-0.4, -0.2) is 20.2 Å². The van der Waals surface area contributed by atoms with Gasteiger partial charge in [-0.2, -0.15) is 0 Å². The number of para-hydroxylation sites is 2. The molecule has 0 radical (unpaired) electrons. The first-order valence-corrected chi connectivity index (χ1v) is 8.81. The van der Waals surface area contributed by atoms with E-state index in [1.807, 2.05) is 53.1 Å². The van der Waals surface area contributed by atoms with Crippen LogP contribution in [0.1, 0.15) is 28.0 Å². The van der Waals surface area contributed by atoms with Crippen LogP contribution in [-0.2, 0) is 6.42 Å². The number of nitrogens with zero attached hydrogens (tertiary/aromatic N) is 3. The maximum absolute atomic E-state index is 12.7. The van der Waals surface area contributed by atoms with E-state index in [0.29, 0.717) is 12.2 Å². The molecule has 0 unspecified atom stereocenters. The molecule has 0 bridgehead atoms. The molecule has 1 aliphatic rings. The highest BCUT2D eigenvalue weighted by molar-refractivity contribution is 5.98. The lowest BCUT2D eigenvalue weighted by Gasteiger charge is -2.20. The smallest absolute Gasteiger partial charge is 0.235 e. The molecule has 126 valence electrons. The zero-order valence-electron chi connectivity index (χ0n) is 14.2. The Bertz CT molecular complexity index is 1160. The second kappa shape index (κ2) is 5.92. The molecule has 4 heteroatoms. The van der Waals surface area contributed by atoms with Gasteiger partial charge < -0.3 is 0 Å². The molecule has 5 rings (SSSR count). The highest BCUT2D eigenvalue weighted by Crippen LogP contribution is 2.27. The average molecular weight is 339 g/mol. The lowest BCUT2D eigenvalue weighted by Crippen LogP contribution is -2.21. The monoisotopic (exact) mass is 339 g/mol. The summed E-state index contributed by atoms with van der Waals surface area (Å²) in [5.41, 5.74) is 4.61. The molecule has 0 saturated carbocycles. The summed E-state index contributed by atoms with van der Waals surface area (Å²) in [6.45, 7) is 0. The van der Waals surface area contributed by atoms with E-state index in [-0.39, 0.29) is 11.7 Å². The van der Waals surface area contributed by atoms with E-state index in [4.69, 9.17) is 4.98 Å². The van der Waals surface area contributed by atoms with Crippen LogP contribution in [0.5, 0.6) is 0 Å². The molecule has 0 N–H and O–H groups in total. The third-order valence-corrected chi connectivity index (χ3v) is 4.95. The fourth-order valence-corrected chi connectivity index (χ4v) is 3.63. The molecule has 2 aromatic carbocycles. The van der Waals surface area contributed by atoms with Crippen molar-refractivity contribution in [2.24, 2.45) is 5.92 Å². The number of ketones is 1. The van der Waals surface area contributed by atoms with Gasteiger partial charge in [0.25, 0.3) is 0 Å². The molecule has 1 aliphatic carbocycles. The van der Waals surface area contributed by atoms with Crippen LogP contribution in [0.3, 0.4) is 0 Å². The van der Waals surface area contributed by atoms with Gasteiger partial charge in [-0.1, -0.05) is 54.6 Å². The number of Topliss-reactive ketones (excluding diaryl/α,β-unsaturated/α-hetero) is 1. The van der Waals surface area contributed by atoms with Gasteiger partial charge in [0.15, 0.2) is 5.78 Å². The van der Waals surface area contributed by atoms with Crippen molar-refractivity contribution in [2.75, 3.05) is 0 Å². The molecule has 4 aromatic rings. The molecule has 4 nitrogen and oxygen atoms in total. The quantitative estimate of drug-likeness (QED) is 0.546. The SMILES string of the molecule is O=C1C[C@H](/C=C/c2ccccc2)Cc2nc3nc4ccccc4n3cc21. The topological polar surface area (TPSA) is 47.3 Å². The van der Waals surface area contributed by atoms with Gasteiger partial charge in [-0.15, -0.1) is 0 Å². The summed E-state index contributed by atoms with van der Waals surface area (Å²) >= 11 is 0. The number of hydrogen-bond acceptors (Lipinski definition) is 3. The summed E-state index contributed by atoms with van der Waals surface area (Å²) in [6.07, 6.45) is 7.42. The van der Waals surface area contributed by atoms with Crippen LogP contribution in [0.25, 0.3) is 22.9 Å². The van der Waals surface area contributed by atoms with Gasteiger partial charge in [0.05, 0.1) is 22.3 Å². The van der Waals surface area contributed by atoms with Gasteiger partial charge >= 0.3 is 0 Å². The summed E-state index contributed by atoms with van der Waals surface area (Å²) < 4.78 is 1.92. The van der Waals surface area contributed by atoms with Gasteiger partial charge in [-0.25, -0.2) is 9.97 Å². The number of aromatic nitrogens is 3. The molecule has 1 atom stereocenters. The summed E-state index contributed by atoms with van der Waals surface area (Å²) in [7, 11) is 0. The lowest BCUT2D eigenvalue weighted by atomic mass is 9.86. The number of hydrogen-bond donors (Lipinski definition) is 0. The number of imidazole rings is 1. The minimum Gasteiger partial charge on any atom is -0.294 e. The number of rotatable bonds is 2. The van der Waals surface area contributed by atoms with Gasteiger partial charge in [0, 0.05) is 12.6 Å². The number of allylic oxidation sites excluding steroid dienone is 1. The zero-order valence-corrected chi connectivity index (χ0v) is 14.2. The van der Waals surface area contributed by atoms with Crippen LogP contribution in [0.4, 0.5) is 0 Å². The van der Waals surface area contributed by atoms with Crippen LogP contribution in [0.15, 0.2) is 66.9 Å². The van der Waals surface area contributed by atoms with Crippen LogP contribution < -0.4 is 0 Å². The third-order valence-electron chi connectivity index (χ3n) is 4.95. The molecule has 0 amide bonds. The highest BCUT2D eigenvalue weighted by Gasteiger charge is 2.26. The summed E-state index contributed by atoms with van der Waals surface area (Å²) in [4.78, 5) is 22.0. The van der Waals surface area contributed by atoms with Crippen molar-refractivity contribution in [3.8, 4) is 0 Å². The van der Waals surface area contributed by atoms with E-state index in [1.54, 1.807) is 0 Å². The van der Waals surface area contributed by atoms with E-state index < -0.39 is 0 Å². The number of benzene rings is 2. The summed E-state index contributed by atoms with van der Waals surface area (Å²) in [5, 5.41) is 0. The zero-order chi connectivity index (χ0) is 17.5. The maximum Gasteiger partial charge on any atom is 0.235 e. The highest BCUT2D eigenvalue weighted by atomic mass is 16.1. The van der Waals surface area contributed by atoms with Gasteiger partial charge in [-0.05, 0) is 30.0 Å². The first-order chi connectivity index (χ1) is 12.8. The molecule has 0 saturated heterocycles. The molecular weight excluding hydrogens is 322 g/mol. The Morgan fingerprint density at radius 1 is 0.962 bits per heavy atom. The average Bonchev–Trinajstić information content (AvgIpc) is 3.03. The Balaban J connectivity index is 1.53. The Labute approximate surface area is 150 Å². The fraction of sp³-hybridized carbons (Fsp3) is 0.136. The van der Waals surface area contributed by atoms with Crippen molar-refractivity contribution >= 4 is 28.7 Å². The van der Waals surface area contributed by atoms with E-state index in [1.165, 1.54) is 0 Å². The second-order valence-electron chi connectivity index (χ2n) is 6.73. The van der Waals surface area contributed by atoms with E-state index in [2.05, 4.69) is 29.3 Å². The Morgan fingerprint density at radius 2 is 1.77 bits per heavy atom. The van der Waals surface area contributed by atoms with Crippen molar-refractivity contribution in [3.63, 3.8) is 0 Å². The van der Waals surface area contributed by atoms with E-state index >= 15 is 0 Å². The normalized spacial score (nSPS) is 17.2. The van der Waals surface area contributed by atoms with Crippen molar-refractivity contribution in [1.82, 2.24) is 14.4 Å². The van der Waals surface area contributed by atoms with Gasteiger partial charge in [0.2, 0.25) is 5.78 Å².